The highest BCUT2D eigenvalue weighted by atomic mass is 35.5. The van der Waals surface area contributed by atoms with Crippen LogP contribution in [0.1, 0.15) is 15.9 Å². The van der Waals surface area contributed by atoms with Crippen molar-refractivity contribution in [2.24, 2.45) is 5.73 Å². The summed E-state index contributed by atoms with van der Waals surface area (Å²) in [5, 5.41) is 0. The van der Waals surface area contributed by atoms with Crippen LogP contribution < -0.4 is 10.5 Å². The molecule has 0 heterocycles. The van der Waals surface area contributed by atoms with Gasteiger partial charge in [-0.3, -0.25) is 4.79 Å². The average Bonchev–Trinajstić information content (AvgIpc) is 2.66. The number of hydrogen-bond acceptors (Lipinski definition) is 4. The molecule has 2 aromatic carbocycles. The molecule has 0 saturated heterocycles. The third-order valence-electron chi connectivity index (χ3n) is 3.84. The first-order chi connectivity index (χ1) is 12.2. The first-order valence-electron chi connectivity index (χ1n) is 8.49. The molecule has 0 atom stereocenters. The lowest BCUT2D eigenvalue weighted by Crippen LogP contribution is -2.36. The van der Waals surface area contributed by atoms with Crippen molar-refractivity contribution in [1.29, 1.82) is 0 Å². The van der Waals surface area contributed by atoms with Crippen LogP contribution >= 0.6 is 12.4 Å². The molecular formula is C20H27ClN2O3. The second kappa shape index (κ2) is 12.3. The fourth-order valence-electron chi connectivity index (χ4n) is 2.52. The van der Waals surface area contributed by atoms with Crippen LogP contribution in [-0.4, -0.2) is 50.8 Å². The Morgan fingerprint density at radius 2 is 1.81 bits per heavy atom. The number of methoxy groups -OCH3 is 1. The fourth-order valence-corrected chi connectivity index (χ4v) is 2.52. The predicted octanol–water partition coefficient (Wildman–Crippen LogP) is 2.78. The Kier molecular flexibility index (Phi) is 10.4. The lowest BCUT2D eigenvalue weighted by molar-refractivity contribution is 0.0761. The van der Waals surface area contributed by atoms with Gasteiger partial charge in [-0.25, -0.2) is 0 Å². The number of ether oxygens (including phenoxy) is 2. The maximum absolute atomic E-state index is 12.8. The van der Waals surface area contributed by atoms with Crippen LogP contribution in [0.3, 0.4) is 0 Å². The normalized spacial score (nSPS) is 10.1. The number of nitrogens with zero attached hydrogens (tertiary/aromatic N) is 1. The van der Waals surface area contributed by atoms with Crippen LogP contribution in [-0.2, 0) is 11.2 Å². The highest BCUT2D eigenvalue weighted by Crippen LogP contribution is 2.15. The van der Waals surface area contributed by atoms with Crippen molar-refractivity contribution in [2.45, 2.75) is 6.42 Å². The Morgan fingerprint density at radius 1 is 1.04 bits per heavy atom. The summed E-state index contributed by atoms with van der Waals surface area (Å²) < 4.78 is 10.6. The summed E-state index contributed by atoms with van der Waals surface area (Å²) in [4.78, 5) is 14.6. The van der Waals surface area contributed by atoms with Gasteiger partial charge in [0.15, 0.2) is 0 Å². The minimum Gasteiger partial charge on any atom is -0.491 e. The second-order valence-electron chi connectivity index (χ2n) is 5.69. The summed E-state index contributed by atoms with van der Waals surface area (Å²) in [6.07, 6.45) is 0.802. The number of nitrogens with two attached hydrogens (primary N) is 1. The number of amides is 1. The van der Waals surface area contributed by atoms with E-state index < -0.39 is 0 Å². The van der Waals surface area contributed by atoms with Crippen molar-refractivity contribution in [2.75, 3.05) is 40.0 Å². The van der Waals surface area contributed by atoms with Gasteiger partial charge >= 0.3 is 0 Å². The van der Waals surface area contributed by atoms with Crippen molar-refractivity contribution >= 4 is 18.3 Å². The molecule has 6 heteroatoms. The van der Waals surface area contributed by atoms with E-state index in [1.54, 1.807) is 24.1 Å². The van der Waals surface area contributed by atoms with Crippen molar-refractivity contribution in [3.05, 3.63) is 65.7 Å². The summed E-state index contributed by atoms with van der Waals surface area (Å²) in [5.74, 6) is 0.636. The Balaban J connectivity index is 0.00000338. The van der Waals surface area contributed by atoms with Crippen LogP contribution in [0.25, 0.3) is 0 Å². The molecule has 5 nitrogen and oxygen atoms in total. The molecular weight excluding hydrogens is 352 g/mol. The van der Waals surface area contributed by atoms with Gasteiger partial charge in [0, 0.05) is 32.3 Å². The molecule has 142 valence electrons. The third-order valence-corrected chi connectivity index (χ3v) is 3.84. The molecule has 0 aliphatic rings. The zero-order valence-corrected chi connectivity index (χ0v) is 15.9. The maximum Gasteiger partial charge on any atom is 0.254 e. The van der Waals surface area contributed by atoms with Gasteiger partial charge < -0.3 is 20.1 Å². The van der Waals surface area contributed by atoms with Crippen molar-refractivity contribution in [1.82, 2.24) is 4.90 Å². The van der Waals surface area contributed by atoms with Gasteiger partial charge in [-0.2, -0.15) is 0 Å². The summed E-state index contributed by atoms with van der Waals surface area (Å²) >= 11 is 0. The largest absolute Gasteiger partial charge is 0.491 e. The van der Waals surface area contributed by atoms with Gasteiger partial charge in [0.2, 0.25) is 0 Å². The number of rotatable bonds is 10. The molecule has 0 fully saturated rings. The van der Waals surface area contributed by atoms with E-state index in [0.29, 0.717) is 44.2 Å². The number of benzene rings is 2. The molecule has 0 aromatic heterocycles. The van der Waals surface area contributed by atoms with E-state index in [-0.39, 0.29) is 18.3 Å². The van der Waals surface area contributed by atoms with Crippen molar-refractivity contribution in [3.63, 3.8) is 0 Å². The monoisotopic (exact) mass is 378 g/mol. The topological polar surface area (TPSA) is 64.8 Å². The van der Waals surface area contributed by atoms with Gasteiger partial charge in [0.1, 0.15) is 12.4 Å². The minimum atomic E-state index is -0.0291. The van der Waals surface area contributed by atoms with Crippen LogP contribution in [0, 0.1) is 0 Å². The highest BCUT2D eigenvalue weighted by Gasteiger charge is 2.15. The second-order valence-corrected chi connectivity index (χ2v) is 5.69. The zero-order valence-electron chi connectivity index (χ0n) is 15.1. The predicted molar refractivity (Wildman–Crippen MR) is 106 cm³/mol. The van der Waals surface area contributed by atoms with Gasteiger partial charge in [-0.15, -0.1) is 12.4 Å². The third kappa shape index (κ3) is 7.04. The van der Waals surface area contributed by atoms with E-state index in [0.717, 1.165) is 6.42 Å². The van der Waals surface area contributed by atoms with E-state index in [2.05, 4.69) is 12.1 Å². The Bertz CT molecular complexity index is 653. The minimum absolute atomic E-state index is 0. The molecule has 2 N–H and O–H groups in total. The van der Waals surface area contributed by atoms with Gasteiger partial charge in [0.05, 0.1) is 6.61 Å². The quantitative estimate of drug-likeness (QED) is 0.646. The van der Waals surface area contributed by atoms with Gasteiger partial charge in [-0.1, -0.05) is 36.4 Å². The van der Waals surface area contributed by atoms with Gasteiger partial charge in [-0.05, 0) is 30.2 Å². The van der Waals surface area contributed by atoms with E-state index in [4.69, 9.17) is 15.2 Å². The lowest BCUT2D eigenvalue weighted by atomic mass is 10.1. The summed E-state index contributed by atoms with van der Waals surface area (Å²) in [5.41, 5.74) is 7.50. The van der Waals surface area contributed by atoms with E-state index in [9.17, 15) is 4.79 Å². The molecule has 0 aliphatic heterocycles. The van der Waals surface area contributed by atoms with E-state index >= 15 is 0 Å². The fraction of sp³-hybridized carbons (Fsp3) is 0.350. The average molecular weight is 379 g/mol. The summed E-state index contributed by atoms with van der Waals surface area (Å²) in [7, 11) is 1.63. The maximum atomic E-state index is 12.8. The molecule has 26 heavy (non-hydrogen) atoms. The number of halogens is 1. The SMILES string of the molecule is COCCOc1cccc(C(=O)N(CCN)CCc2ccccc2)c1.Cl. The smallest absolute Gasteiger partial charge is 0.254 e. The first-order valence-corrected chi connectivity index (χ1v) is 8.49. The lowest BCUT2D eigenvalue weighted by Gasteiger charge is -2.22. The molecule has 0 unspecified atom stereocenters. The first kappa shape index (κ1) is 22.0. The molecule has 1 amide bonds. The molecule has 0 aliphatic carbocycles. The Morgan fingerprint density at radius 3 is 2.50 bits per heavy atom. The summed E-state index contributed by atoms with van der Waals surface area (Å²) in [6, 6.07) is 17.4. The molecule has 0 spiro atoms. The van der Waals surface area contributed by atoms with E-state index in [1.165, 1.54) is 5.56 Å². The van der Waals surface area contributed by atoms with Crippen LogP contribution in [0.2, 0.25) is 0 Å². The Labute approximate surface area is 161 Å². The van der Waals surface area contributed by atoms with Crippen LogP contribution in [0.5, 0.6) is 5.75 Å². The van der Waals surface area contributed by atoms with E-state index in [1.807, 2.05) is 30.3 Å². The molecule has 2 rings (SSSR count). The van der Waals surface area contributed by atoms with Crippen LogP contribution in [0.15, 0.2) is 54.6 Å². The van der Waals surface area contributed by atoms with Gasteiger partial charge in [0.25, 0.3) is 5.91 Å². The molecule has 2 aromatic rings. The standard InChI is InChI=1S/C20H26N2O3.ClH/c1-24-14-15-25-19-9-5-8-18(16-19)20(23)22(13-11-21)12-10-17-6-3-2-4-7-17;/h2-9,16H,10-15,21H2,1H3;1H. The molecule has 0 bridgehead atoms. The number of carbonyl (C=O) groups is 1. The molecule has 0 radical (unpaired) electrons. The Hall–Kier alpha value is -2.08. The highest BCUT2D eigenvalue weighted by molar-refractivity contribution is 5.94. The number of hydrogen-bond donors (Lipinski definition) is 1. The van der Waals surface area contributed by atoms with Crippen LogP contribution in [0.4, 0.5) is 0 Å². The van der Waals surface area contributed by atoms with Crippen molar-refractivity contribution < 1.29 is 14.3 Å². The summed E-state index contributed by atoms with van der Waals surface area (Å²) in [6.45, 7) is 2.56. The zero-order chi connectivity index (χ0) is 17.9. The van der Waals surface area contributed by atoms with Crippen molar-refractivity contribution in [3.8, 4) is 5.75 Å². The molecule has 0 saturated carbocycles. The number of carbonyl (C=O) groups excluding carboxylic acids is 1.